The maximum absolute atomic E-state index is 11.7. The van der Waals surface area contributed by atoms with E-state index in [4.69, 9.17) is 16.3 Å². The normalized spacial score (nSPS) is 16.5. The summed E-state index contributed by atoms with van der Waals surface area (Å²) >= 11 is 5.93. The Bertz CT molecular complexity index is 428. The van der Waals surface area contributed by atoms with Gasteiger partial charge in [-0.15, -0.1) is 16.7 Å². The van der Waals surface area contributed by atoms with Crippen LogP contribution in [0.1, 0.15) is 55.2 Å². The van der Waals surface area contributed by atoms with Gasteiger partial charge in [0.15, 0.2) is 5.69 Å². The Morgan fingerprint density at radius 1 is 1.42 bits per heavy atom. The summed E-state index contributed by atoms with van der Waals surface area (Å²) in [5.41, 5.74) is 0.929. The number of aromatic nitrogens is 3. The molecule has 0 saturated heterocycles. The second-order valence-corrected chi connectivity index (χ2v) is 5.19. The summed E-state index contributed by atoms with van der Waals surface area (Å²) in [6.45, 7) is 2.90. The van der Waals surface area contributed by atoms with Crippen molar-refractivity contribution in [3.8, 4) is 0 Å². The molecule has 0 aromatic carbocycles. The van der Waals surface area contributed by atoms with E-state index >= 15 is 0 Å². The average Bonchev–Trinajstić information content (AvgIpc) is 2.83. The molecular weight excluding hydrogens is 266 g/mol. The molecule has 1 fully saturated rings. The van der Waals surface area contributed by atoms with Crippen molar-refractivity contribution < 1.29 is 9.53 Å². The first-order chi connectivity index (χ1) is 9.26. The summed E-state index contributed by atoms with van der Waals surface area (Å²) in [5.74, 6) is 0.411. The first-order valence-corrected chi connectivity index (χ1v) is 7.45. The molecule has 0 unspecified atom stereocenters. The van der Waals surface area contributed by atoms with Gasteiger partial charge in [-0.3, -0.25) is 0 Å². The highest BCUT2D eigenvalue weighted by molar-refractivity contribution is 6.17. The van der Waals surface area contributed by atoms with Crippen LogP contribution in [0.2, 0.25) is 0 Å². The topological polar surface area (TPSA) is 57.0 Å². The van der Waals surface area contributed by atoms with Crippen molar-refractivity contribution >= 4 is 17.6 Å². The molecule has 0 radical (unpaired) electrons. The van der Waals surface area contributed by atoms with E-state index in [1.807, 2.05) is 0 Å². The Morgan fingerprint density at radius 2 is 2.16 bits per heavy atom. The maximum atomic E-state index is 11.7. The lowest BCUT2D eigenvalue weighted by Gasteiger charge is -2.21. The first kappa shape index (κ1) is 14.3. The van der Waals surface area contributed by atoms with Gasteiger partial charge in [-0.1, -0.05) is 24.5 Å². The monoisotopic (exact) mass is 285 g/mol. The van der Waals surface area contributed by atoms with Gasteiger partial charge in [0.1, 0.15) is 0 Å². The average molecular weight is 286 g/mol. The summed E-state index contributed by atoms with van der Waals surface area (Å²) in [7, 11) is 0. The molecule has 0 bridgehead atoms. The molecule has 6 heteroatoms. The number of ether oxygens (including phenoxy) is 1. The summed E-state index contributed by atoms with van der Waals surface area (Å²) in [6, 6.07) is 0. The van der Waals surface area contributed by atoms with Crippen LogP contribution in [0.15, 0.2) is 0 Å². The number of carbonyl (C=O) groups excluding carboxylic acids is 1. The van der Waals surface area contributed by atoms with Crippen LogP contribution in [-0.2, 0) is 17.2 Å². The molecule has 1 aliphatic rings. The second-order valence-electron chi connectivity index (χ2n) is 4.92. The molecule has 0 spiro atoms. The molecule has 106 valence electrons. The molecule has 5 nitrogen and oxygen atoms in total. The van der Waals surface area contributed by atoms with Gasteiger partial charge in [-0.25, -0.2) is 9.48 Å². The third kappa shape index (κ3) is 3.47. The number of halogens is 1. The Morgan fingerprint density at radius 3 is 2.79 bits per heavy atom. The van der Waals surface area contributed by atoms with Gasteiger partial charge in [0.05, 0.1) is 18.2 Å². The van der Waals surface area contributed by atoms with Crippen LogP contribution in [0.4, 0.5) is 0 Å². The van der Waals surface area contributed by atoms with Gasteiger partial charge in [0.2, 0.25) is 0 Å². The van der Waals surface area contributed by atoms with Crippen LogP contribution >= 0.6 is 11.6 Å². The van der Waals surface area contributed by atoms with Crippen molar-refractivity contribution in [3.63, 3.8) is 0 Å². The van der Waals surface area contributed by atoms with Gasteiger partial charge in [-0.05, 0) is 25.7 Å². The number of esters is 1. The number of hydrogen-bond acceptors (Lipinski definition) is 4. The molecule has 1 aliphatic carbocycles. The van der Waals surface area contributed by atoms with Crippen LogP contribution in [-0.4, -0.2) is 27.6 Å². The molecule has 1 aromatic heterocycles. The summed E-state index contributed by atoms with van der Waals surface area (Å²) in [5, 5.41) is 7.99. The number of alkyl halides is 1. The van der Waals surface area contributed by atoms with Crippen molar-refractivity contribution in [2.24, 2.45) is 5.92 Å². The Hall–Kier alpha value is -1.10. The minimum atomic E-state index is -0.437. The van der Waals surface area contributed by atoms with Gasteiger partial charge < -0.3 is 4.74 Å². The largest absolute Gasteiger partial charge is 0.461 e. The lowest BCUT2D eigenvalue weighted by molar-refractivity contribution is 0.0518. The first-order valence-electron chi connectivity index (χ1n) is 6.91. The molecule has 2 rings (SSSR count). The van der Waals surface area contributed by atoms with Crippen molar-refractivity contribution in [2.45, 2.75) is 51.5 Å². The number of carbonyl (C=O) groups is 1. The minimum Gasteiger partial charge on any atom is -0.461 e. The fourth-order valence-corrected chi connectivity index (χ4v) is 2.85. The fourth-order valence-electron chi connectivity index (χ4n) is 2.58. The molecule has 1 saturated carbocycles. The highest BCUT2D eigenvalue weighted by Crippen LogP contribution is 2.25. The third-order valence-corrected chi connectivity index (χ3v) is 3.84. The Kier molecular flexibility index (Phi) is 5.19. The van der Waals surface area contributed by atoms with E-state index in [1.165, 1.54) is 32.1 Å². The SMILES string of the molecule is CCOC(=O)c1nnn(CC2CCCCC2)c1CCl. The Balaban J connectivity index is 2.10. The van der Waals surface area contributed by atoms with E-state index in [1.54, 1.807) is 11.6 Å². The zero-order chi connectivity index (χ0) is 13.7. The summed E-state index contributed by atoms with van der Waals surface area (Å²) in [6.07, 6.45) is 6.32. The summed E-state index contributed by atoms with van der Waals surface area (Å²) in [4.78, 5) is 11.7. The van der Waals surface area contributed by atoms with Gasteiger partial charge in [-0.2, -0.15) is 0 Å². The van der Waals surface area contributed by atoms with Crippen molar-refractivity contribution in [1.82, 2.24) is 15.0 Å². The fraction of sp³-hybridized carbons (Fsp3) is 0.769. The van der Waals surface area contributed by atoms with Crippen LogP contribution < -0.4 is 0 Å². The van der Waals surface area contributed by atoms with Crippen molar-refractivity contribution in [2.75, 3.05) is 6.61 Å². The number of hydrogen-bond donors (Lipinski definition) is 0. The van der Waals surface area contributed by atoms with Crippen molar-refractivity contribution in [1.29, 1.82) is 0 Å². The van der Waals surface area contributed by atoms with E-state index < -0.39 is 5.97 Å². The van der Waals surface area contributed by atoms with E-state index in [9.17, 15) is 4.79 Å². The highest BCUT2D eigenvalue weighted by atomic mass is 35.5. The molecule has 1 aromatic rings. The smallest absolute Gasteiger partial charge is 0.360 e. The molecule has 1 heterocycles. The Labute approximate surface area is 118 Å². The lowest BCUT2D eigenvalue weighted by Crippen LogP contribution is -2.17. The maximum Gasteiger partial charge on any atom is 0.360 e. The second kappa shape index (κ2) is 6.89. The van der Waals surface area contributed by atoms with Crippen LogP contribution in [0.3, 0.4) is 0 Å². The molecule has 0 N–H and O–H groups in total. The summed E-state index contributed by atoms with van der Waals surface area (Å²) < 4.78 is 6.73. The molecule has 0 atom stereocenters. The predicted molar refractivity (Wildman–Crippen MR) is 72.1 cm³/mol. The number of nitrogens with zero attached hydrogens (tertiary/aromatic N) is 3. The molecular formula is C13H20ClN3O2. The van der Waals surface area contributed by atoms with E-state index in [2.05, 4.69) is 10.3 Å². The molecule has 0 aliphatic heterocycles. The molecule has 19 heavy (non-hydrogen) atoms. The van der Waals surface area contributed by atoms with Gasteiger partial charge in [0, 0.05) is 6.54 Å². The van der Waals surface area contributed by atoms with Crippen molar-refractivity contribution in [3.05, 3.63) is 11.4 Å². The van der Waals surface area contributed by atoms with Gasteiger partial charge in [0.25, 0.3) is 0 Å². The standard InChI is InChI=1S/C13H20ClN3O2/c1-2-19-13(18)12-11(8-14)17(16-15-12)9-10-6-4-3-5-7-10/h10H,2-9H2,1H3. The third-order valence-electron chi connectivity index (χ3n) is 3.59. The minimum absolute atomic E-state index is 0.230. The zero-order valence-electron chi connectivity index (χ0n) is 11.3. The van der Waals surface area contributed by atoms with E-state index in [-0.39, 0.29) is 11.6 Å². The molecule has 0 amide bonds. The van der Waals surface area contributed by atoms with Crippen LogP contribution in [0, 0.1) is 5.92 Å². The highest BCUT2D eigenvalue weighted by Gasteiger charge is 2.22. The van der Waals surface area contributed by atoms with E-state index in [0.29, 0.717) is 18.2 Å². The van der Waals surface area contributed by atoms with Crippen LogP contribution in [0.25, 0.3) is 0 Å². The number of rotatable bonds is 5. The van der Waals surface area contributed by atoms with Gasteiger partial charge >= 0.3 is 5.97 Å². The predicted octanol–water partition coefficient (Wildman–Crippen LogP) is 2.77. The van der Waals surface area contributed by atoms with Crippen LogP contribution in [0.5, 0.6) is 0 Å². The quantitative estimate of drug-likeness (QED) is 0.616. The van der Waals surface area contributed by atoms with E-state index in [0.717, 1.165) is 6.54 Å². The zero-order valence-corrected chi connectivity index (χ0v) is 12.0. The lowest BCUT2D eigenvalue weighted by atomic mass is 9.89.